The summed E-state index contributed by atoms with van der Waals surface area (Å²) in [7, 11) is -0.927. The highest BCUT2D eigenvalue weighted by Gasteiger charge is 2.40. The molecule has 3 rings (SSSR count). The largest absolute Gasteiger partial charge is 0.492 e. The van der Waals surface area contributed by atoms with E-state index in [1.165, 1.54) is 0 Å². The van der Waals surface area contributed by atoms with Crippen molar-refractivity contribution in [2.75, 3.05) is 0 Å². The van der Waals surface area contributed by atoms with Crippen LogP contribution >= 0.6 is 0 Å². The van der Waals surface area contributed by atoms with Crippen LogP contribution in [0.2, 0.25) is 0 Å². The third kappa shape index (κ3) is 2.62. The molecule has 1 aromatic heterocycles. The molecule has 0 amide bonds. The maximum absolute atomic E-state index is 12.2. The Morgan fingerprint density at radius 1 is 1.38 bits per heavy atom. The topological polar surface area (TPSA) is 59.4 Å². The highest BCUT2D eigenvalue weighted by atomic mass is 16.5. The molecule has 0 radical (unpaired) electrons. The normalized spacial score (nSPS) is 15.9. The van der Waals surface area contributed by atoms with Gasteiger partial charge in [-0.2, -0.15) is 0 Å². The molecule has 106 valence electrons. The van der Waals surface area contributed by atoms with Gasteiger partial charge in [-0.05, 0) is 42.6 Å². The first-order chi connectivity index (χ1) is 9.97. The summed E-state index contributed by atoms with van der Waals surface area (Å²) >= 11 is 0. The summed E-state index contributed by atoms with van der Waals surface area (Å²) in [5.74, 6) is 0.00992. The maximum atomic E-state index is 12.2. The minimum Gasteiger partial charge on any atom is -0.423 e. The van der Waals surface area contributed by atoms with Crippen LogP contribution in [0.5, 0.6) is 0 Å². The maximum Gasteiger partial charge on any atom is 0.492 e. The summed E-state index contributed by atoms with van der Waals surface area (Å²) in [4.78, 5) is 16.1. The van der Waals surface area contributed by atoms with Gasteiger partial charge < -0.3 is 9.68 Å². The van der Waals surface area contributed by atoms with Crippen LogP contribution in [0.3, 0.4) is 0 Å². The van der Waals surface area contributed by atoms with Gasteiger partial charge in [0, 0.05) is 24.4 Å². The minimum absolute atomic E-state index is 0.00992. The first kappa shape index (κ1) is 14.0. The molecule has 2 heterocycles. The molecule has 0 aliphatic carbocycles. The smallest absolute Gasteiger partial charge is 0.423 e. The van der Waals surface area contributed by atoms with Crippen molar-refractivity contribution >= 4 is 18.4 Å². The van der Waals surface area contributed by atoms with Crippen LogP contribution in [0, 0.1) is 0 Å². The number of hydrogen-bond acceptors (Lipinski definition) is 4. The Labute approximate surface area is 123 Å². The van der Waals surface area contributed by atoms with Crippen LogP contribution in [-0.4, -0.2) is 22.9 Å². The number of benzene rings is 1. The lowest BCUT2D eigenvalue weighted by molar-refractivity contribution is 0.0991. The first-order valence-corrected chi connectivity index (χ1v) is 6.90. The first-order valence-electron chi connectivity index (χ1n) is 6.90. The van der Waals surface area contributed by atoms with Crippen molar-refractivity contribution in [1.82, 2.24) is 4.98 Å². The van der Waals surface area contributed by atoms with Gasteiger partial charge >= 0.3 is 7.12 Å². The number of fused-ring (bicyclic) bond motifs is 1. The fourth-order valence-electron chi connectivity index (χ4n) is 2.70. The Morgan fingerprint density at radius 2 is 2.19 bits per heavy atom. The molecule has 0 atom stereocenters. The molecular weight excluding hydrogens is 265 g/mol. The summed E-state index contributed by atoms with van der Waals surface area (Å²) in [6.07, 6.45) is 3.49. The van der Waals surface area contributed by atoms with E-state index in [1.54, 1.807) is 24.5 Å². The standard InChI is InChI=1S/C16H16BNO3/c1-16(2)13-6-5-11(8-14(13)17(20)21-16)9-15(19)12-4-3-7-18-10-12/h3-8,10,20H,9H2,1-2H3. The van der Waals surface area contributed by atoms with E-state index in [2.05, 4.69) is 4.98 Å². The number of carbonyl (C=O) groups is 1. The predicted molar refractivity (Wildman–Crippen MR) is 80.4 cm³/mol. The Morgan fingerprint density at radius 3 is 2.90 bits per heavy atom. The third-order valence-corrected chi connectivity index (χ3v) is 3.79. The monoisotopic (exact) mass is 281 g/mol. The van der Waals surface area contributed by atoms with Gasteiger partial charge in [-0.15, -0.1) is 0 Å². The van der Waals surface area contributed by atoms with E-state index in [1.807, 2.05) is 32.0 Å². The van der Waals surface area contributed by atoms with Crippen LogP contribution in [0.4, 0.5) is 0 Å². The molecule has 1 aromatic carbocycles. The zero-order valence-corrected chi connectivity index (χ0v) is 12.0. The third-order valence-electron chi connectivity index (χ3n) is 3.79. The molecular formula is C16H16BNO3. The number of carbonyl (C=O) groups excluding carboxylic acids is 1. The van der Waals surface area contributed by atoms with Crippen LogP contribution in [0.1, 0.15) is 35.3 Å². The van der Waals surface area contributed by atoms with Crippen molar-refractivity contribution in [3.05, 3.63) is 59.4 Å². The lowest BCUT2D eigenvalue weighted by Crippen LogP contribution is -2.29. The quantitative estimate of drug-likeness (QED) is 0.683. The summed E-state index contributed by atoms with van der Waals surface area (Å²) in [5, 5.41) is 9.98. The SMILES string of the molecule is CC1(C)OB(O)c2cc(CC(=O)c3cccnc3)ccc21. The van der Waals surface area contributed by atoms with Crippen molar-refractivity contribution in [2.45, 2.75) is 25.9 Å². The molecule has 1 aliphatic rings. The molecule has 0 bridgehead atoms. The number of ketones is 1. The van der Waals surface area contributed by atoms with Gasteiger partial charge in [-0.3, -0.25) is 9.78 Å². The second-order valence-corrected chi connectivity index (χ2v) is 5.74. The van der Waals surface area contributed by atoms with E-state index in [0.717, 1.165) is 16.6 Å². The lowest BCUT2D eigenvalue weighted by atomic mass is 9.77. The summed E-state index contributed by atoms with van der Waals surface area (Å²) < 4.78 is 5.52. The van der Waals surface area contributed by atoms with E-state index < -0.39 is 12.7 Å². The molecule has 1 N–H and O–H groups in total. The van der Waals surface area contributed by atoms with Crippen molar-refractivity contribution in [1.29, 1.82) is 0 Å². The number of hydrogen-bond donors (Lipinski definition) is 1. The highest BCUT2D eigenvalue weighted by Crippen LogP contribution is 2.30. The minimum atomic E-state index is -0.927. The van der Waals surface area contributed by atoms with Crippen molar-refractivity contribution in [3.63, 3.8) is 0 Å². The van der Waals surface area contributed by atoms with Crippen molar-refractivity contribution < 1.29 is 14.5 Å². The number of rotatable bonds is 3. The summed E-state index contributed by atoms with van der Waals surface area (Å²) in [6.45, 7) is 3.84. The number of aromatic nitrogens is 1. The average molecular weight is 281 g/mol. The van der Waals surface area contributed by atoms with E-state index in [4.69, 9.17) is 4.65 Å². The van der Waals surface area contributed by atoms with Crippen molar-refractivity contribution in [2.24, 2.45) is 0 Å². The Hall–Kier alpha value is -1.98. The molecule has 0 fully saturated rings. The number of nitrogens with zero attached hydrogens (tertiary/aromatic N) is 1. The van der Waals surface area contributed by atoms with E-state index in [-0.39, 0.29) is 12.2 Å². The Kier molecular flexibility index (Phi) is 3.39. The fraction of sp³-hybridized carbons (Fsp3) is 0.250. The van der Waals surface area contributed by atoms with E-state index in [9.17, 15) is 9.82 Å². The zero-order chi connectivity index (χ0) is 15.0. The highest BCUT2D eigenvalue weighted by molar-refractivity contribution is 6.62. The van der Waals surface area contributed by atoms with Crippen LogP contribution in [0.25, 0.3) is 0 Å². The number of Topliss-reactive ketones (excluding diaryl/α,β-unsaturated/α-hetero) is 1. The lowest BCUT2D eigenvalue weighted by Gasteiger charge is -2.19. The second-order valence-electron chi connectivity index (χ2n) is 5.74. The summed E-state index contributed by atoms with van der Waals surface area (Å²) in [5.41, 5.74) is 2.67. The van der Waals surface area contributed by atoms with Crippen molar-refractivity contribution in [3.8, 4) is 0 Å². The second kappa shape index (κ2) is 5.09. The van der Waals surface area contributed by atoms with E-state index in [0.29, 0.717) is 5.56 Å². The zero-order valence-electron chi connectivity index (χ0n) is 12.0. The van der Waals surface area contributed by atoms with Gasteiger partial charge in [0.25, 0.3) is 0 Å². The molecule has 0 saturated carbocycles. The fourth-order valence-corrected chi connectivity index (χ4v) is 2.70. The molecule has 5 heteroatoms. The summed E-state index contributed by atoms with van der Waals surface area (Å²) in [6, 6.07) is 9.19. The van der Waals surface area contributed by atoms with Crippen LogP contribution in [0.15, 0.2) is 42.7 Å². The Bertz CT molecular complexity index is 685. The van der Waals surface area contributed by atoms with Gasteiger partial charge in [-0.25, -0.2) is 0 Å². The molecule has 0 spiro atoms. The molecule has 1 aliphatic heterocycles. The molecule has 4 nitrogen and oxygen atoms in total. The van der Waals surface area contributed by atoms with Gasteiger partial charge in [-0.1, -0.05) is 18.2 Å². The average Bonchev–Trinajstić information content (AvgIpc) is 2.69. The Balaban J connectivity index is 1.86. The molecule has 0 saturated heterocycles. The molecule has 0 unspecified atom stereocenters. The van der Waals surface area contributed by atoms with Gasteiger partial charge in [0.2, 0.25) is 0 Å². The van der Waals surface area contributed by atoms with Crippen LogP contribution < -0.4 is 5.46 Å². The molecule has 2 aromatic rings. The van der Waals surface area contributed by atoms with Gasteiger partial charge in [0.15, 0.2) is 5.78 Å². The van der Waals surface area contributed by atoms with Gasteiger partial charge in [0.05, 0.1) is 5.60 Å². The van der Waals surface area contributed by atoms with Gasteiger partial charge in [0.1, 0.15) is 0 Å². The van der Waals surface area contributed by atoms with E-state index >= 15 is 0 Å². The predicted octanol–water partition coefficient (Wildman–Crippen LogP) is 1.46. The number of pyridine rings is 1. The van der Waals surface area contributed by atoms with Crippen LogP contribution in [-0.2, 0) is 16.7 Å². The molecule has 21 heavy (non-hydrogen) atoms.